The molecule has 0 aromatic heterocycles. The van der Waals surface area contributed by atoms with E-state index in [1.54, 1.807) is 23.7 Å². The van der Waals surface area contributed by atoms with E-state index in [2.05, 4.69) is 5.32 Å². The van der Waals surface area contributed by atoms with E-state index in [0.717, 1.165) is 21.8 Å². The minimum Gasteiger partial charge on any atom is -0.333 e. The van der Waals surface area contributed by atoms with Crippen LogP contribution in [0.2, 0.25) is 0 Å². The molecule has 1 unspecified atom stereocenters. The maximum atomic E-state index is 13.1. The number of rotatable bonds is 5. The van der Waals surface area contributed by atoms with Crippen LogP contribution in [0.3, 0.4) is 0 Å². The molecule has 4 rings (SSSR count). The summed E-state index contributed by atoms with van der Waals surface area (Å²) in [7, 11) is 1.71. The second-order valence-corrected chi connectivity index (χ2v) is 8.54. The molecule has 2 aliphatic heterocycles. The molecule has 150 valence electrons. The molecular formula is C22H23N3O3S. The topological polar surface area (TPSA) is 69.7 Å². The fourth-order valence-electron chi connectivity index (χ4n) is 3.95. The molecule has 2 aliphatic rings. The number of nitrogens with one attached hydrogen (secondary N) is 1. The molecule has 0 radical (unpaired) electrons. The summed E-state index contributed by atoms with van der Waals surface area (Å²) in [5.74, 6) is 0.825. The molecule has 2 aromatic carbocycles. The summed E-state index contributed by atoms with van der Waals surface area (Å²) in [6.45, 7) is -0.260. The molecule has 2 aromatic rings. The van der Waals surface area contributed by atoms with E-state index in [0.29, 0.717) is 12.2 Å². The highest BCUT2D eigenvalue weighted by Crippen LogP contribution is 2.34. The summed E-state index contributed by atoms with van der Waals surface area (Å²) < 4.78 is 0. The van der Waals surface area contributed by atoms with E-state index in [-0.39, 0.29) is 24.4 Å². The van der Waals surface area contributed by atoms with Crippen molar-refractivity contribution in [2.45, 2.75) is 18.0 Å². The van der Waals surface area contributed by atoms with Gasteiger partial charge in [0.05, 0.1) is 6.04 Å². The van der Waals surface area contributed by atoms with Gasteiger partial charge in [-0.25, -0.2) is 4.79 Å². The number of carbonyl (C=O) groups is 3. The minimum atomic E-state index is -0.834. The largest absolute Gasteiger partial charge is 0.333 e. The zero-order chi connectivity index (χ0) is 20.4. The zero-order valence-corrected chi connectivity index (χ0v) is 17.0. The number of likely N-dealkylation sites (N-methyl/N-ethyl adjacent to an activating group) is 1. The highest BCUT2D eigenvalue weighted by Gasteiger charge is 2.53. The Bertz CT molecular complexity index is 874. The molecule has 2 saturated heterocycles. The highest BCUT2D eigenvalue weighted by molar-refractivity contribution is 7.99. The van der Waals surface area contributed by atoms with Gasteiger partial charge in [-0.3, -0.25) is 14.5 Å². The van der Waals surface area contributed by atoms with Gasteiger partial charge in [0.15, 0.2) is 0 Å². The minimum absolute atomic E-state index is 0.260. The Kier molecular flexibility index (Phi) is 5.32. The summed E-state index contributed by atoms with van der Waals surface area (Å²) in [4.78, 5) is 41.1. The average Bonchev–Trinajstić information content (AvgIpc) is 3.30. The lowest BCUT2D eigenvalue weighted by atomic mass is 9.97. The quantitative estimate of drug-likeness (QED) is 0.771. The van der Waals surface area contributed by atoms with Gasteiger partial charge < -0.3 is 10.2 Å². The van der Waals surface area contributed by atoms with Gasteiger partial charge in [-0.1, -0.05) is 60.7 Å². The molecule has 6 nitrogen and oxygen atoms in total. The van der Waals surface area contributed by atoms with Crippen LogP contribution in [-0.4, -0.2) is 58.3 Å². The first-order chi connectivity index (χ1) is 14.0. The molecule has 1 atom stereocenters. The van der Waals surface area contributed by atoms with Crippen LogP contribution < -0.4 is 5.32 Å². The van der Waals surface area contributed by atoms with Gasteiger partial charge in [0, 0.05) is 12.8 Å². The average molecular weight is 410 g/mol. The predicted octanol–water partition coefficient (Wildman–Crippen LogP) is 2.66. The van der Waals surface area contributed by atoms with E-state index in [4.69, 9.17) is 0 Å². The third-order valence-corrected chi connectivity index (χ3v) is 6.76. The lowest BCUT2D eigenvalue weighted by Gasteiger charge is -2.30. The van der Waals surface area contributed by atoms with Gasteiger partial charge in [-0.15, -0.1) is 0 Å². The normalized spacial score (nSPS) is 21.1. The summed E-state index contributed by atoms with van der Waals surface area (Å²) in [6, 6.07) is 18.7. The van der Waals surface area contributed by atoms with E-state index in [9.17, 15) is 14.4 Å². The summed E-state index contributed by atoms with van der Waals surface area (Å²) in [6.07, 6.45) is 0.611. The number of imide groups is 1. The number of hydrogen-bond acceptors (Lipinski definition) is 4. The van der Waals surface area contributed by atoms with Crippen LogP contribution in [0.1, 0.15) is 23.6 Å². The number of hydrogen-bond donors (Lipinski definition) is 1. The van der Waals surface area contributed by atoms with Crippen molar-refractivity contribution in [1.82, 2.24) is 15.1 Å². The Morgan fingerprint density at radius 3 is 2.21 bits per heavy atom. The maximum absolute atomic E-state index is 13.1. The Balaban J connectivity index is 1.57. The fraction of sp³-hybridized carbons (Fsp3) is 0.318. The zero-order valence-electron chi connectivity index (χ0n) is 16.2. The van der Waals surface area contributed by atoms with Crippen LogP contribution in [0.4, 0.5) is 4.79 Å². The fourth-order valence-corrected chi connectivity index (χ4v) is 5.28. The Hall–Kier alpha value is -2.80. The molecular weight excluding hydrogens is 386 g/mol. The number of amides is 4. The van der Waals surface area contributed by atoms with Gasteiger partial charge in [-0.2, -0.15) is 11.8 Å². The number of benzene rings is 2. The van der Waals surface area contributed by atoms with Crippen LogP contribution in [0.15, 0.2) is 60.7 Å². The Labute approximate surface area is 174 Å². The molecule has 2 heterocycles. The van der Waals surface area contributed by atoms with Gasteiger partial charge >= 0.3 is 6.03 Å². The second kappa shape index (κ2) is 7.91. The summed E-state index contributed by atoms with van der Waals surface area (Å²) >= 11 is 1.65. The van der Waals surface area contributed by atoms with E-state index in [1.807, 2.05) is 60.7 Å². The first-order valence-corrected chi connectivity index (χ1v) is 10.7. The lowest BCUT2D eigenvalue weighted by molar-refractivity contribution is -0.138. The van der Waals surface area contributed by atoms with Crippen molar-refractivity contribution >= 4 is 29.6 Å². The third kappa shape index (κ3) is 3.62. The van der Waals surface area contributed by atoms with Gasteiger partial charge in [0.1, 0.15) is 12.1 Å². The van der Waals surface area contributed by atoms with E-state index < -0.39 is 11.6 Å². The van der Waals surface area contributed by atoms with Crippen LogP contribution in [0.25, 0.3) is 0 Å². The van der Waals surface area contributed by atoms with Crippen molar-refractivity contribution in [3.05, 3.63) is 71.8 Å². The molecule has 1 N–H and O–H groups in total. The Morgan fingerprint density at radius 2 is 1.69 bits per heavy atom. The van der Waals surface area contributed by atoms with Gasteiger partial charge in [0.2, 0.25) is 5.91 Å². The lowest BCUT2D eigenvalue weighted by Crippen LogP contribution is -2.48. The highest BCUT2D eigenvalue weighted by atomic mass is 32.2. The predicted molar refractivity (Wildman–Crippen MR) is 112 cm³/mol. The molecule has 1 spiro atoms. The molecule has 0 aliphatic carbocycles. The van der Waals surface area contributed by atoms with Crippen LogP contribution in [0.5, 0.6) is 0 Å². The molecule has 7 heteroatoms. The van der Waals surface area contributed by atoms with Crippen molar-refractivity contribution in [1.29, 1.82) is 0 Å². The maximum Gasteiger partial charge on any atom is 0.325 e. The number of thioether (sulfide) groups is 1. The SMILES string of the molecule is CN(C(=O)CN1C(=O)NC2(CCSC2)C1=O)C(c1ccccc1)c1ccccc1. The number of nitrogens with zero attached hydrogens (tertiary/aromatic N) is 2. The summed E-state index contributed by atoms with van der Waals surface area (Å²) in [5, 5.41) is 2.81. The first kappa shape index (κ1) is 19.5. The van der Waals surface area contributed by atoms with Crippen LogP contribution >= 0.6 is 11.8 Å². The van der Waals surface area contributed by atoms with Crippen molar-refractivity contribution in [3.8, 4) is 0 Å². The molecule has 4 amide bonds. The van der Waals surface area contributed by atoms with Gasteiger partial charge in [0.25, 0.3) is 5.91 Å². The smallest absolute Gasteiger partial charge is 0.325 e. The molecule has 0 bridgehead atoms. The van der Waals surface area contributed by atoms with Crippen LogP contribution in [0, 0.1) is 0 Å². The van der Waals surface area contributed by atoms with Crippen molar-refractivity contribution in [2.24, 2.45) is 0 Å². The van der Waals surface area contributed by atoms with Crippen LogP contribution in [-0.2, 0) is 9.59 Å². The number of carbonyl (C=O) groups excluding carboxylic acids is 3. The molecule has 29 heavy (non-hydrogen) atoms. The summed E-state index contributed by atoms with van der Waals surface area (Å²) in [5.41, 5.74) is 1.10. The van der Waals surface area contributed by atoms with Crippen molar-refractivity contribution in [3.63, 3.8) is 0 Å². The van der Waals surface area contributed by atoms with E-state index >= 15 is 0 Å². The Morgan fingerprint density at radius 1 is 1.10 bits per heavy atom. The molecule has 2 fully saturated rings. The number of urea groups is 1. The van der Waals surface area contributed by atoms with Crippen molar-refractivity contribution < 1.29 is 14.4 Å². The third-order valence-electron chi connectivity index (χ3n) is 5.57. The van der Waals surface area contributed by atoms with Gasteiger partial charge in [-0.05, 0) is 23.3 Å². The molecule has 0 saturated carbocycles. The monoisotopic (exact) mass is 409 g/mol. The standard InChI is InChI=1S/C22H23N3O3S/c1-24(19(16-8-4-2-5-9-16)17-10-6-3-7-11-17)18(26)14-25-20(27)22(23-21(25)28)12-13-29-15-22/h2-11,19H,12-15H2,1H3,(H,23,28). The van der Waals surface area contributed by atoms with Crippen molar-refractivity contribution in [2.75, 3.05) is 25.1 Å². The second-order valence-electron chi connectivity index (χ2n) is 7.43. The first-order valence-electron chi connectivity index (χ1n) is 9.59. The van der Waals surface area contributed by atoms with E-state index in [1.165, 1.54) is 0 Å².